The van der Waals surface area contributed by atoms with Crippen LogP contribution >= 0.6 is 0 Å². The second kappa shape index (κ2) is 11.0. The van der Waals surface area contributed by atoms with E-state index in [2.05, 4.69) is 26.1 Å². The molecule has 0 unspecified atom stereocenters. The topological polar surface area (TPSA) is 213 Å². The zero-order chi connectivity index (χ0) is 30.0. The molecule has 0 radical (unpaired) electrons. The molecule has 0 fully saturated rings. The first-order chi connectivity index (χ1) is 20.0. The number of carboxylic acid groups (broad SMARTS) is 1. The van der Waals surface area contributed by atoms with Crippen molar-refractivity contribution < 1.29 is 32.5 Å². The molecule has 4 aromatic carbocycles. The van der Waals surface area contributed by atoms with Crippen LogP contribution in [0.25, 0.3) is 16.8 Å². The second-order valence-corrected chi connectivity index (χ2v) is 10.3. The van der Waals surface area contributed by atoms with Gasteiger partial charge in [-0.15, -0.1) is 5.11 Å². The highest BCUT2D eigenvalue weighted by Crippen LogP contribution is 2.34. The van der Waals surface area contributed by atoms with Gasteiger partial charge >= 0.3 is 12.0 Å². The van der Waals surface area contributed by atoms with Gasteiger partial charge < -0.3 is 16.2 Å². The third kappa shape index (κ3) is 5.74. The van der Waals surface area contributed by atoms with Crippen molar-refractivity contribution >= 4 is 73.2 Å². The summed E-state index contributed by atoms with van der Waals surface area (Å²) in [5, 5.41) is 25.2. The van der Waals surface area contributed by atoms with Crippen molar-refractivity contribution in [1.29, 1.82) is 0 Å². The van der Waals surface area contributed by atoms with Gasteiger partial charge in [0.05, 0.1) is 22.6 Å². The van der Waals surface area contributed by atoms with Crippen LogP contribution in [0.2, 0.25) is 0 Å². The Morgan fingerprint density at radius 2 is 1.60 bits per heavy atom. The van der Waals surface area contributed by atoms with Crippen molar-refractivity contribution in [2.75, 3.05) is 10.7 Å². The van der Waals surface area contributed by atoms with E-state index >= 15 is 0 Å². The molecule has 0 aromatic heterocycles. The number of carbonyl (C=O) groups excluding carboxylic acids is 2. The Bertz CT molecular complexity index is 1980. The third-order valence-electron chi connectivity index (χ3n) is 6.16. The monoisotopic (exact) mass is 584 g/mol. The van der Waals surface area contributed by atoms with Crippen molar-refractivity contribution in [1.82, 2.24) is 0 Å². The molecule has 2 amide bonds. The predicted octanol–water partition coefficient (Wildman–Crippen LogP) is 5.34. The lowest BCUT2D eigenvalue weighted by Crippen LogP contribution is -2.27. The Labute approximate surface area is 237 Å². The number of nitrogens with one attached hydrogen (secondary N) is 2. The van der Waals surface area contributed by atoms with Crippen molar-refractivity contribution in [3.05, 3.63) is 100 Å². The van der Waals surface area contributed by atoms with Crippen molar-refractivity contribution in [3.63, 3.8) is 0 Å². The predicted molar refractivity (Wildman–Crippen MR) is 156 cm³/mol. The fraction of sp³-hybridized carbons (Fsp3) is 0. The van der Waals surface area contributed by atoms with Crippen LogP contribution < -0.4 is 16.5 Å². The number of primary amides is 1. The number of amides is 2. The molecule has 6 N–H and O–H groups in total. The number of benzene rings is 4. The summed E-state index contributed by atoms with van der Waals surface area (Å²) < 4.78 is 34.2. The Hall–Kier alpha value is -5.73. The maximum atomic E-state index is 13.3. The molecule has 0 aliphatic heterocycles. The smallest absolute Gasteiger partial charge is 0.335 e. The van der Waals surface area contributed by atoms with Crippen molar-refractivity contribution in [2.24, 2.45) is 21.1 Å². The first-order valence-corrected chi connectivity index (χ1v) is 13.5. The van der Waals surface area contributed by atoms with E-state index in [1.807, 2.05) is 0 Å². The van der Waals surface area contributed by atoms with Gasteiger partial charge in [-0.05, 0) is 60.2 Å². The number of nitrogens with two attached hydrogens (primary N) is 1. The lowest BCUT2D eigenvalue weighted by molar-refractivity contribution is 0.0696. The van der Waals surface area contributed by atoms with E-state index in [9.17, 15) is 27.4 Å². The van der Waals surface area contributed by atoms with E-state index in [0.717, 1.165) is 6.08 Å². The van der Waals surface area contributed by atoms with E-state index in [1.165, 1.54) is 42.5 Å². The van der Waals surface area contributed by atoms with E-state index in [1.54, 1.807) is 36.4 Å². The molecule has 13 nitrogen and oxygen atoms in total. The Balaban J connectivity index is 1.50. The zero-order valence-electron chi connectivity index (χ0n) is 21.3. The summed E-state index contributed by atoms with van der Waals surface area (Å²) >= 11 is 0. The average Bonchev–Trinajstić information content (AvgIpc) is 2.95. The minimum absolute atomic E-state index is 0.0335. The molecule has 42 heavy (non-hydrogen) atoms. The highest BCUT2D eigenvalue weighted by molar-refractivity contribution is 7.91. The summed E-state index contributed by atoms with van der Waals surface area (Å²) in [5.74, 6) is -1.87. The first kappa shape index (κ1) is 27.8. The van der Waals surface area contributed by atoms with Gasteiger partial charge in [0, 0.05) is 22.0 Å². The first-order valence-electron chi connectivity index (χ1n) is 12.1. The van der Waals surface area contributed by atoms with E-state index in [4.69, 9.17) is 10.8 Å². The number of nitrogens with zero attached hydrogens (tertiary/aromatic N) is 3. The van der Waals surface area contributed by atoms with Gasteiger partial charge in [-0.2, -0.15) is 18.6 Å². The molecular weight excluding hydrogens is 564 g/mol. The number of hydrogen-bond acceptors (Lipinski definition) is 9. The largest absolute Gasteiger partial charge is 0.478 e. The van der Waals surface area contributed by atoms with Gasteiger partial charge in [-0.3, -0.25) is 14.8 Å². The molecule has 0 bridgehead atoms. The van der Waals surface area contributed by atoms with Crippen LogP contribution in [0.4, 0.5) is 27.5 Å². The van der Waals surface area contributed by atoms with Crippen LogP contribution in [0.1, 0.15) is 26.3 Å². The van der Waals surface area contributed by atoms with Crippen LogP contribution in [0, 0.1) is 0 Å². The fourth-order valence-corrected chi connectivity index (χ4v) is 4.88. The second-order valence-electron chi connectivity index (χ2n) is 8.91. The SMILES string of the molecule is NC(=O)Nc1ccc2c(c1)C(=O)/C(=N/Nc1ccc(N=Nc3ccc(C(=O)O)cc3)c3ccccc13)C(S(=O)(=O)O)=C2. The normalized spacial score (nSPS) is 14.1. The molecule has 1 aliphatic carbocycles. The van der Waals surface area contributed by atoms with E-state index < -0.39 is 38.5 Å². The zero-order valence-corrected chi connectivity index (χ0v) is 22.2. The molecule has 14 heteroatoms. The number of urea groups is 1. The van der Waals surface area contributed by atoms with Gasteiger partial charge in [-0.25, -0.2) is 9.59 Å². The summed E-state index contributed by atoms with van der Waals surface area (Å²) in [4.78, 5) is 34.9. The van der Waals surface area contributed by atoms with E-state index in [-0.39, 0.29) is 22.4 Å². The van der Waals surface area contributed by atoms with Gasteiger partial charge in [-0.1, -0.05) is 30.3 Å². The number of Topliss-reactive ketones (excluding diaryl/α,β-unsaturated/α-hetero) is 1. The summed E-state index contributed by atoms with van der Waals surface area (Å²) in [6, 6.07) is 19.4. The van der Waals surface area contributed by atoms with Crippen molar-refractivity contribution in [2.45, 2.75) is 0 Å². The minimum atomic E-state index is -4.85. The lowest BCUT2D eigenvalue weighted by atomic mass is 9.94. The number of rotatable bonds is 7. The highest BCUT2D eigenvalue weighted by atomic mass is 32.2. The van der Waals surface area contributed by atoms with Crippen LogP contribution in [-0.4, -0.2) is 41.6 Å². The quantitative estimate of drug-likeness (QED) is 0.108. The molecule has 0 saturated carbocycles. The summed E-state index contributed by atoms with van der Waals surface area (Å²) in [6.07, 6.45) is 1.10. The number of carbonyl (C=O) groups is 3. The van der Waals surface area contributed by atoms with E-state index in [0.29, 0.717) is 27.8 Å². The maximum Gasteiger partial charge on any atom is 0.335 e. The number of hydrazone groups is 1. The van der Waals surface area contributed by atoms with Crippen LogP contribution in [0.5, 0.6) is 0 Å². The van der Waals surface area contributed by atoms with Gasteiger partial charge in [0.15, 0.2) is 5.71 Å². The van der Waals surface area contributed by atoms with Crippen LogP contribution in [-0.2, 0) is 10.1 Å². The van der Waals surface area contributed by atoms with Gasteiger partial charge in [0.1, 0.15) is 4.91 Å². The number of hydrogen-bond donors (Lipinski definition) is 5. The highest BCUT2D eigenvalue weighted by Gasteiger charge is 2.33. The molecule has 0 spiro atoms. The lowest BCUT2D eigenvalue weighted by Gasteiger charge is -2.17. The standard InChI is InChI=1S/C28H20N6O7S/c29-28(38)30-18-10-7-16-13-24(42(39,40)41)25(26(35)21(16)14-18)34-33-23-12-11-22(19-3-1-2-4-20(19)23)32-31-17-8-5-15(6-9-17)27(36)37/h1-14,33H,(H,36,37)(H3,29,30,38)(H,39,40,41)/b32-31?,34-25+. The molecule has 210 valence electrons. The Morgan fingerprint density at radius 1 is 0.881 bits per heavy atom. The fourth-order valence-electron chi connectivity index (χ4n) is 4.22. The summed E-state index contributed by atoms with van der Waals surface area (Å²) in [6.45, 7) is 0. The number of fused-ring (bicyclic) bond motifs is 2. The number of ketones is 1. The Morgan fingerprint density at radius 3 is 2.26 bits per heavy atom. The number of aromatic carboxylic acids is 1. The molecule has 0 heterocycles. The molecule has 4 aromatic rings. The average molecular weight is 585 g/mol. The third-order valence-corrected chi connectivity index (χ3v) is 7.02. The number of anilines is 2. The molecule has 5 rings (SSSR count). The molecule has 0 saturated heterocycles. The maximum absolute atomic E-state index is 13.3. The van der Waals surface area contributed by atoms with Crippen LogP contribution in [0.3, 0.4) is 0 Å². The Kier molecular flexibility index (Phi) is 7.31. The molecular formula is C28H20N6O7S. The van der Waals surface area contributed by atoms with Gasteiger partial charge in [0.2, 0.25) is 5.78 Å². The number of azo groups is 1. The molecule has 0 atom stereocenters. The van der Waals surface area contributed by atoms with Crippen molar-refractivity contribution in [3.8, 4) is 0 Å². The molecule has 1 aliphatic rings. The minimum Gasteiger partial charge on any atom is -0.478 e. The van der Waals surface area contributed by atoms with Crippen LogP contribution in [0.15, 0.2) is 99.1 Å². The number of allylic oxidation sites excluding steroid dienone is 1. The summed E-state index contributed by atoms with van der Waals surface area (Å²) in [7, 11) is -4.85. The summed E-state index contributed by atoms with van der Waals surface area (Å²) in [5.41, 5.74) is 9.15. The van der Waals surface area contributed by atoms with Gasteiger partial charge in [0.25, 0.3) is 10.1 Å². The number of carboxylic acids is 1.